The van der Waals surface area contributed by atoms with E-state index in [-0.39, 0.29) is 31.1 Å². The van der Waals surface area contributed by atoms with Gasteiger partial charge in [0.1, 0.15) is 11.8 Å². The molecule has 0 radical (unpaired) electrons. The average Bonchev–Trinajstić information content (AvgIpc) is 3.44. The number of hydrogen-bond donors (Lipinski definition) is 1. The summed E-state index contributed by atoms with van der Waals surface area (Å²) in [6, 6.07) is 23.1. The van der Waals surface area contributed by atoms with E-state index in [4.69, 9.17) is 32.7 Å². The quantitative estimate of drug-likeness (QED) is 0.358. The van der Waals surface area contributed by atoms with Gasteiger partial charge in [0.05, 0.1) is 11.1 Å². The van der Waals surface area contributed by atoms with Crippen molar-refractivity contribution in [2.75, 3.05) is 19.8 Å². The number of carbonyl (C=O) groups is 2. The van der Waals surface area contributed by atoms with Gasteiger partial charge >= 0.3 is 0 Å². The van der Waals surface area contributed by atoms with Gasteiger partial charge in [-0.25, -0.2) is 0 Å². The van der Waals surface area contributed by atoms with E-state index in [1.165, 1.54) is 0 Å². The molecule has 1 heterocycles. The molecule has 3 aromatic carbocycles. The van der Waals surface area contributed by atoms with Crippen molar-refractivity contribution in [3.8, 4) is 5.75 Å². The minimum atomic E-state index is -0.762. The molecule has 0 saturated carbocycles. The first-order valence-corrected chi connectivity index (χ1v) is 13.1. The molecule has 0 aliphatic carbocycles. The molecule has 0 bridgehead atoms. The van der Waals surface area contributed by atoms with Crippen molar-refractivity contribution in [3.63, 3.8) is 0 Å². The molecule has 6 nitrogen and oxygen atoms in total. The normalized spacial score (nSPS) is 15.7. The molecule has 3 aromatic rings. The summed E-state index contributed by atoms with van der Waals surface area (Å²) in [6.45, 7) is 1.06. The summed E-state index contributed by atoms with van der Waals surface area (Å²) in [5, 5.41) is 4.03. The van der Waals surface area contributed by atoms with E-state index < -0.39 is 6.04 Å². The van der Waals surface area contributed by atoms with E-state index in [9.17, 15) is 9.59 Å². The zero-order chi connectivity index (χ0) is 26.0. The molecule has 194 valence electrons. The molecule has 8 heteroatoms. The fraction of sp³-hybridized carbons (Fsp3) is 0.310. The van der Waals surface area contributed by atoms with Gasteiger partial charge in [-0.2, -0.15) is 0 Å². The predicted molar refractivity (Wildman–Crippen MR) is 145 cm³/mol. The fourth-order valence-corrected chi connectivity index (χ4v) is 4.58. The van der Waals surface area contributed by atoms with Gasteiger partial charge in [-0.1, -0.05) is 77.8 Å². The van der Waals surface area contributed by atoms with E-state index >= 15 is 0 Å². The van der Waals surface area contributed by atoms with Crippen molar-refractivity contribution in [3.05, 3.63) is 100 Å². The van der Waals surface area contributed by atoms with Crippen LogP contribution < -0.4 is 10.1 Å². The largest absolute Gasteiger partial charge is 0.482 e. The monoisotopic (exact) mass is 540 g/mol. The van der Waals surface area contributed by atoms with Crippen molar-refractivity contribution in [1.82, 2.24) is 10.2 Å². The highest BCUT2D eigenvalue weighted by Crippen LogP contribution is 2.24. The molecule has 1 N–H and O–H groups in total. The molecule has 1 fully saturated rings. The van der Waals surface area contributed by atoms with Crippen molar-refractivity contribution < 1.29 is 19.1 Å². The summed E-state index contributed by atoms with van der Waals surface area (Å²) in [5.41, 5.74) is 1.79. The van der Waals surface area contributed by atoms with Gasteiger partial charge in [-0.15, -0.1) is 0 Å². The fourth-order valence-electron chi connectivity index (χ4n) is 4.26. The van der Waals surface area contributed by atoms with Crippen LogP contribution in [0, 0.1) is 0 Å². The predicted octanol–water partition coefficient (Wildman–Crippen LogP) is 5.31. The van der Waals surface area contributed by atoms with Gasteiger partial charge in [-0.3, -0.25) is 9.59 Å². The first-order valence-electron chi connectivity index (χ1n) is 12.3. The smallest absolute Gasteiger partial charge is 0.261 e. The first kappa shape index (κ1) is 27.0. The molecule has 1 saturated heterocycles. The SMILES string of the molecule is O=C(NC[C@@H]1CCCO1)[C@@H](Cc1ccccc1)N(Cc1ccc(Cl)cc1)C(=O)COc1ccccc1Cl. The van der Waals surface area contributed by atoms with Crippen LogP contribution >= 0.6 is 23.2 Å². The number of benzene rings is 3. The number of carbonyl (C=O) groups excluding carboxylic acids is 2. The third kappa shape index (κ3) is 7.96. The second kappa shape index (κ2) is 13.5. The van der Waals surface area contributed by atoms with Crippen LogP contribution in [0.4, 0.5) is 0 Å². The number of para-hydroxylation sites is 1. The molecule has 4 rings (SSSR count). The Morgan fingerprint density at radius 1 is 0.973 bits per heavy atom. The second-order valence-electron chi connectivity index (χ2n) is 8.95. The summed E-state index contributed by atoms with van der Waals surface area (Å²) in [6.07, 6.45) is 2.23. The number of amides is 2. The summed E-state index contributed by atoms with van der Waals surface area (Å²) in [5.74, 6) is -0.158. The Hall–Kier alpha value is -3.06. The van der Waals surface area contributed by atoms with Crippen molar-refractivity contribution in [2.24, 2.45) is 0 Å². The lowest BCUT2D eigenvalue weighted by Gasteiger charge is -2.32. The molecule has 2 atom stereocenters. The van der Waals surface area contributed by atoms with Crippen LogP contribution in [-0.4, -0.2) is 48.6 Å². The number of rotatable bonds is 11. The minimum absolute atomic E-state index is 0.00898. The Kier molecular flexibility index (Phi) is 9.83. The van der Waals surface area contributed by atoms with Crippen LogP contribution in [0.15, 0.2) is 78.9 Å². The van der Waals surface area contributed by atoms with E-state index in [0.29, 0.717) is 35.4 Å². The second-order valence-corrected chi connectivity index (χ2v) is 9.80. The summed E-state index contributed by atoms with van der Waals surface area (Å²) < 4.78 is 11.4. The average molecular weight is 541 g/mol. The zero-order valence-electron chi connectivity index (χ0n) is 20.4. The highest BCUT2D eigenvalue weighted by Gasteiger charge is 2.31. The van der Waals surface area contributed by atoms with E-state index in [1.54, 1.807) is 41.3 Å². The van der Waals surface area contributed by atoms with Gasteiger partial charge in [0.25, 0.3) is 5.91 Å². The van der Waals surface area contributed by atoms with Gasteiger partial charge in [-0.05, 0) is 48.2 Å². The van der Waals surface area contributed by atoms with E-state index in [0.717, 1.165) is 24.0 Å². The third-order valence-electron chi connectivity index (χ3n) is 6.25. The van der Waals surface area contributed by atoms with E-state index in [2.05, 4.69) is 5.32 Å². The maximum Gasteiger partial charge on any atom is 0.261 e. The van der Waals surface area contributed by atoms with Crippen LogP contribution in [0.25, 0.3) is 0 Å². The number of ether oxygens (including phenoxy) is 2. The summed E-state index contributed by atoms with van der Waals surface area (Å²) in [7, 11) is 0. The molecular weight excluding hydrogens is 511 g/mol. The molecule has 1 aliphatic rings. The Bertz CT molecular complexity index is 1170. The number of nitrogens with zero attached hydrogens (tertiary/aromatic N) is 1. The van der Waals surface area contributed by atoms with Gasteiger partial charge in [0.2, 0.25) is 5.91 Å². The van der Waals surface area contributed by atoms with Gasteiger partial charge < -0.3 is 19.7 Å². The molecular formula is C29H30Cl2N2O4. The molecule has 0 spiro atoms. The Labute approximate surface area is 227 Å². The minimum Gasteiger partial charge on any atom is -0.482 e. The Morgan fingerprint density at radius 2 is 1.70 bits per heavy atom. The third-order valence-corrected chi connectivity index (χ3v) is 6.82. The standard InChI is InChI=1S/C29H30Cl2N2O4/c30-23-14-12-22(13-15-23)19-33(28(34)20-37-27-11-5-4-10-25(27)31)26(17-21-7-2-1-3-8-21)29(35)32-18-24-9-6-16-36-24/h1-5,7-8,10-15,24,26H,6,9,16-20H2,(H,32,35)/t24-,26+/m0/s1. The lowest BCUT2D eigenvalue weighted by atomic mass is 10.0. The summed E-state index contributed by atoms with van der Waals surface area (Å²) >= 11 is 12.3. The summed E-state index contributed by atoms with van der Waals surface area (Å²) in [4.78, 5) is 28.8. The lowest BCUT2D eigenvalue weighted by Crippen LogP contribution is -2.52. The highest BCUT2D eigenvalue weighted by atomic mass is 35.5. The molecule has 0 aromatic heterocycles. The molecule has 37 heavy (non-hydrogen) atoms. The van der Waals surface area contributed by atoms with Crippen LogP contribution in [0.2, 0.25) is 10.0 Å². The number of halogens is 2. The Morgan fingerprint density at radius 3 is 2.41 bits per heavy atom. The highest BCUT2D eigenvalue weighted by molar-refractivity contribution is 6.32. The van der Waals surface area contributed by atoms with Crippen molar-refractivity contribution in [2.45, 2.75) is 38.0 Å². The van der Waals surface area contributed by atoms with Crippen LogP contribution in [0.1, 0.15) is 24.0 Å². The topological polar surface area (TPSA) is 67.9 Å². The van der Waals surface area contributed by atoms with Gasteiger partial charge in [0.15, 0.2) is 6.61 Å². The number of hydrogen-bond acceptors (Lipinski definition) is 4. The van der Waals surface area contributed by atoms with Gasteiger partial charge in [0, 0.05) is 31.1 Å². The molecule has 0 unspecified atom stereocenters. The first-order chi connectivity index (χ1) is 18.0. The Balaban J connectivity index is 1.58. The zero-order valence-corrected chi connectivity index (χ0v) is 22.0. The number of nitrogens with one attached hydrogen (secondary N) is 1. The maximum atomic E-state index is 13.6. The molecule has 1 aliphatic heterocycles. The van der Waals surface area contributed by atoms with Crippen molar-refractivity contribution >= 4 is 35.0 Å². The van der Waals surface area contributed by atoms with Crippen LogP contribution in [0.3, 0.4) is 0 Å². The van der Waals surface area contributed by atoms with Crippen LogP contribution in [-0.2, 0) is 27.3 Å². The molecule has 2 amide bonds. The van der Waals surface area contributed by atoms with E-state index in [1.807, 2.05) is 42.5 Å². The maximum absolute atomic E-state index is 13.6. The van der Waals surface area contributed by atoms with Crippen molar-refractivity contribution in [1.29, 1.82) is 0 Å². The lowest BCUT2D eigenvalue weighted by molar-refractivity contribution is -0.143. The van der Waals surface area contributed by atoms with Crippen LogP contribution in [0.5, 0.6) is 5.75 Å².